The van der Waals surface area contributed by atoms with Gasteiger partial charge in [0.2, 0.25) is 0 Å². The number of nitrogens with zero attached hydrogens (tertiary/aromatic N) is 1. The Kier molecular flexibility index (Phi) is 3.19. The number of aldehydes is 1. The number of hydrogen-bond acceptors (Lipinski definition) is 4. The molecule has 4 nitrogen and oxygen atoms in total. The highest BCUT2D eigenvalue weighted by Crippen LogP contribution is 2.15. The van der Waals surface area contributed by atoms with Crippen molar-refractivity contribution in [2.75, 3.05) is 7.11 Å². The normalized spacial score (nSPS) is 9.13. The third-order valence-corrected chi connectivity index (χ3v) is 2.05. The monoisotopic (exact) mass is 203 g/mol. The molecule has 0 fully saturated rings. The van der Waals surface area contributed by atoms with Gasteiger partial charge in [0.15, 0.2) is 6.29 Å². The van der Waals surface area contributed by atoms with Crippen molar-refractivity contribution in [1.29, 1.82) is 5.26 Å². The highest BCUT2D eigenvalue weighted by atomic mass is 16.5. The second-order valence-electron chi connectivity index (χ2n) is 2.98. The van der Waals surface area contributed by atoms with Crippen LogP contribution in [0.4, 0.5) is 0 Å². The van der Waals surface area contributed by atoms with Gasteiger partial charge < -0.3 is 4.74 Å². The molecule has 0 heterocycles. The van der Waals surface area contributed by atoms with Crippen molar-refractivity contribution in [3.05, 3.63) is 34.4 Å². The Hall–Kier alpha value is -2.15. The molecule has 0 unspecified atom stereocenters. The van der Waals surface area contributed by atoms with E-state index in [0.717, 1.165) is 0 Å². The molecule has 0 saturated heterocycles. The van der Waals surface area contributed by atoms with Gasteiger partial charge in [0.1, 0.15) is 0 Å². The molecular formula is C11H9NO3. The molecule has 0 aliphatic heterocycles. The molecule has 0 aromatic heterocycles. The maximum Gasteiger partial charge on any atom is 0.338 e. The molecule has 4 heteroatoms. The number of carbonyl (C=O) groups excluding carboxylic acids is 2. The smallest absolute Gasteiger partial charge is 0.338 e. The molecule has 0 atom stereocenters. The van der Waals surface area contributed by atoms with Crippen molar-refractivity contribution in [3.63, 3.8) is 0 Å². The molecule has 0 saturated carbocycles. The number of aryl methyl sites for hydroxylation is 1. The van der Waals surface area contributed by atoms with Crippen molar-refractivity contribution in [3.8, 4) is 6.07 Å². The Morgan fingerprint density at radius 2 is 2.20 bits per heavy atom. The average Bonchev–Trinajstić information content (AvgIpc) is 2.27. The lowest BCUT2D eigenvalue weighted by molar-refractivity contribution is 0.0599. The highest BCUT2D eigenvalue weighted by Gasteiger charge is 2.13. The number of hydrogen-bond donors (Lipinski definition) is 0. The SMILES string of the molecule is COC(=O)c1cc(C#N)c(C=O)cc1C. The molecule has 0 N–H and O–H groups in total. The van der Waals surface area contributed by atoms with Crippen molar-refractivity contribution in [1.82, 2.24) is 0 Å². The number of carbonyl (C=O) groups is 2. The van der Waals surface area contributed by atoms with E-state index in [2.05, 4.69) is 4.74 Å². The van der Waals surface area contributed by atoms with Crippen LogP contribution in [0, 0.1) is 18.3 Å². The van der Waals surface area contributed by atoms with E-state index in [9.17, 15) is 9.59 Å². The first-order valence-corrected chi connectivity index (χ1v) is 4.22. The number of benzene rings is 1. The first-order chi connectivity index (χ1) is 7.13. The quantitative estimate of drug-likeness (QED) is 0.539. The van der Waals surface area contributed by atoms with E-state index in [1.54, 1.807) is 6.92 Å². The summed E-state index contributed by atoms with van der Waals surface area (Å²) in [6, 6.07) is 4.72. The lowest BCUT2D eigenvalue weighted by Gasteiger charge is -2.05. The minimum Gasteiger partial charge on any atom is -0.465 e. The van der Waals surface area contributed by atoms with Gasteiger partial charge in [-0.1, -0.05) is 0 Å². The summed E-state index contributed by atoms with van der Waals surface area (Å²) < 4.78 is 4.55. The lowest BCUT2D eigenvalue weighted by atomic mass is 10.0. The van der Waals surface area contributed by atoms with Crippen LogP contribution < -0.4 is 0 Å². The van der Waals surface area contributed by atoms with E-state index in [1.165, 1.54) is 19.2 Å². The van der Waals surface area contributed by atoms with Crippen LogP contribution in [0.25, 0.3) is 0 Å². The maximum absolute atomic E-state index is 11.3. The molecule has 1 rings (SSSR count). The summed E-state index contributed by atoms with van der Waals surface area (Å²) in [6.45, 7) is 1.68. The van der Waals surface area contributed by atoms with E-state index >= 15 is 0 Å². The standard InChI is InChI=1S/C11H9NO3/c1-7-3-9(6-13)8(5-12)4-10(7)11(14)15-2/h3-4,6H,1-2H3. The molecule has 0 aliphatic carbocycles. The van der Waals surface area contributed by atoms with Crippen LogP contribution in [-0.2, 0) is 4.74 Å². The van der Waals surface area contributed by atoms with Crippen molar-refractivity contribution in [2.24, 2.45) is 0 Å². The lowest BCUT2D eigenvalue weighted by Crippen LogP contribution is -2.05. The van der Waals surface area contributed by atoms with Gasteiger partial charge in [-0.3, -0.25) is 4.79 Å². The van der Waals surface area contributed by atoms with Crippen LogP contribution in [0.5, 0.6) is 0 Å². The molecule has 0 amide bonds. The fourth-order valence-corrected chi connectivity index (χ4v) is 1.25. The molecule has 1 aromatic rings. The second kappa shape index (κ2) is 4.38. The fourth-order valence-electron chi connectivity index (χ4n) is 1.25. The summed E-state index contributed by atoms with van der Waals surface area (Å²) >= 11 is 0. The Labute approximate surface area is 87.1 Å². The Bertz CT molecular complexity index is 458. The third-order valence-electron chi connectivity index (χ3n) is 2.05. The van der Waals surface area contributed by atoms with Crippen LogP contribution in [-0.4, -0.2) is 19.4 Å². The van der Waals surface area contributed by atoms with Crippen LogP contribution in [0.15, 0.2) is 12.1 Å². The predicted octanol–water partition coefficient (Wildman–Crippen LogP) is 1.47. The maximum atomic E-state index is 11.3. The summed E-state index contributed by atoms with van der Waals surface area (Å²) in [5.74, 6) is -0.513. The van der Waals surface area contributed by atoms with Crippen LogP contribution in [0.3, 0.4) is 0 Å². The number of esters is 1. The van der Waals surface area contributed by atoms with E-state index in [0.29, 0.717) is 17.4 Å². The summed E-state index contributed by atoms with van der Waals surface area (Å²) in [4.78, 5) is 21.9. The summed E-state index contributed by atoms with van der Waals surface area (Å²) in [5.41, 5.74) is 1.38. The van der Waals surface area contributed by atoms with Crippen molar-refractivity contribution in [2.45, 2.75) is 6.92 Å². The van der Waals surface area contributed by atoms with Gasteiger partial charge >= 0.3 is 5.97 Å². The average molecular weight is 203 g/mol. The van der Waals surface area contributed by atoms with E-state index in [-0.39, 0.29) is 11.1 Å². The van der Waals surface area contributed by atoms with E-state index in [1.807, 2.05) is 6.07 Å². The number of ether oxygens (including phenoxy) is 1. The molecule has 0 radical (unpaired) electrons. The molecule has 0 aliphatic rings. The molecule has 0 bridgehead atoms. The number of rotatable bonds is 2. The van der Waals surface area contributed by atoms with Gasteiger partial charge in [0.05, 0.1) is 24.3 Å². The summed E-state index contributed by atoms with van der Waals surface area (Å²) in [7, 11) is 1.27. The van der Waals surface area contributed by atoms with Gasteiger partial charge in [0, 0.05) is 5.56 Å². The van der Waals surface area contributed by atoms with Crippen LogP contribution in [0.1, 0.15) is 31.8 Å². The van der Waals surface area contributed by atoms with Gasteiger partial charge in [-0.15, -0.1) is 0 Å². The Balaban J connectivity index is 3.40. The zero-order chi connectivity index (χ0) is 11.4. The first-order valence-electron chi connectivity index (χ1n) is 4.22. The van der Waals surface area contributed by atoms with Gasteiger partial charge in [-0.25, -0.2) is 4.79 Å². The molecule has 76 valence electrons. The van der Waals surface area contributed by atoms with E-state index < -0.39 is 5.97 Å². The summed E-state index contributed by atoms with van der Waals surface area (Å²) in [5, 5.41) is 8.76. The van der Waals surface area contributed by atoms with Gasteiger partial charge in [0.25, 0.3) is 0 Å². The molecule has 1 aromatic carbocycles. The van der Waals surface area contributed by atoms with Crippen molar-refractivity contribution >= 4 is 12.3 Å². The topological polar surface area (TPSA) is 67.2 Å². The Morgan fingerprint density at radius 3 is 2.67 bits per heavy atom. The van der Waals surface area contributed by atoms with E-state index in [4.69, 9.17) is 5.26 Å². The largest absolute Gasteiger partial charge is 0.465 e. The second-order valence-corrected chi connectivity index (χ2v) is 2.98. The highest BCUT2D eigenvalue weighted by molar-refractivity contribution is 5.93. The zero-order valence-electron chi connectivity index (χ0n) is 8.40. The van der Waals surface area contributed by atoms with Crippen LogP contribution >= 0.6 is 0 Å². The zero-order valence-corrected chi connectivity index (χ0v) is 8.40. The first kappa shape index (κ1) is 10.9. The molecular weight excluding hydrogens is 194 g/mol. The van der Waals surface area contributed by atoms with Crippen molar-refractivity contribution < 1.29 is 14.3 Å². The number of nitriles is 1. The minimum atomic E-state index is -0.513. The Morgan fingerprint density at radius 1 is 1.53 bits per heavy atom. The molecule has 0 spiro atoms. The predicted molar refractivity (Wildman–Crippen MR) is 52.6 cm³/mol. The van der Waals surface area contributed by atoms with Gasteiger partial charge in [-0.2, -0.15) is 5.26 Å². The van der Waals surface area contributed by atoms with Crippen LogP contribution in [0.2, 0.25) is 0 Å². The third kappa shape index (κ3) is 2.02. The minimum absolute atomic E-state index is 0.177. The summed E-state index contributed by atoms with van der Waals surface area (Å²) in [6.07, 6.45) is 0.590. The fraction of sp³-hybridized carbons (Fsp3) is 0.182. The number of methoxy groups -OCH3 is 1. The van der Waals surface area contributed by atoms with Gasteiger partial charge in [-0.05, 0) is 24.6 Å². The molecule has 15 heavy (non-hydrogen) atoms.